The Morgan fingerprint density at radius 2 is 1.69 bits per heavy atom. The second-order valence-corrected chi connectivity index (χ2v) is 8.20. The molecule has 1 aliphatic rings. The van der Waals surface area contributed by atoms with Gasteiger partial charge in [0.2, 0.25) is 0 Å². The number of amides is 1. The van der Waals surface area contributed by atoms with Crippen molar-refractivity contribution in [3.05, 3.63) is 59.2 Å². The van der Waals surface area contributed by atoms with Crippen molar-refractivity contribution in [2.75, 3.05) is 30.9 Å². The summed E-state index contributed by atoms with van der Waals surface area (Å²) in [5, 5.41) is 2.80. The molecular formula is C24H27NO6S. The number of hydrogen-bond acceptors (Lipinski definition) is 7. The Labute approximate surface area is 191 Å². The highest BCUT2D eigenvalue weighted by atomic mass is 32.2. The first-order valence-electron chi connectivity index (χ1n) is 10.7. The quantitative estimate of drug-likeness (QED) is 0.436. The first kappa shape index (κ1) is 23.8. The number of hydrogen-bond donors (Lipinski definition) is 1. The lowest BCUT2D eigenvalue weighted by Crippen LogP contribution is -2.16. The van der Waals surface area contributed by atoms with Crippen LogP contribution in [0.3, 0.4) is 0 Å². The minimum absolute atomic E-state index is 0.161. The lowest BCUT2D eigenvalue weighted by molar-refractivity contribution is 0.0525. The molecule has 0 radical (unpaired) electrons. The summed E-state index contributed by atoms with van der Waals surface area (Å²) >= 11 is 1.58. The summed E-state index contributed by atoms with van der Waals surface area (Å²) in [5.74, 6) is -0.727. The SMILES string of the molecule is CCOC(=O)c1cc(NC(=O)c2ccccc2SCC2CCCO2)cc(C(=O)OCC)c1. The Hall–Kier alpha value is -2.84. The van der Waals surface area contributed by atoms with Gasteiger partial charge in [-0.25, -0.2) is 9.59 Å². The van der Waals surface area contributed by atoms with E-state index >= 15 is 0 Å². The molecule has 0 bridgehead atoms. The van der Waals surface area contributed by atoms with Crippen LogP contribution in [-0.4, -0.2) is 49.5 Å². The summed E-state index contributed by atoms with van der Waals surface area (Å²) in [6.45, 7) is 4.56. The van der Waals surface area contributed by atoms with Crippen LogP contribution in [0.25, 0.3) is 0 Å². The number of carbonyl (C=O) groups is 3. The molecule has 170 valence electrons. The van der Waals surface area contributed by atoms with E-state index in [1.807, 2.05) is 12.1 Å². The van der Waals surface area contributed by atoms with E-state index in [0.29, 0.717) is 11.3 Å². The molecule has 1 atom stereocenters. The molecule has 32 heavy (non-hydrogen) atoms. The molecule has 1 heterocycles. The normalized spacial score (nSPS) is 15.2. The van der Waals surface area contributed by atoms with Crippen LogP contribution in [0.15, 0.2) is 47.4 Å². The van der Waals surface area contributed by atoms with Crippen LogP contribution < -0.4 is 5.32 Å². The predicted octanol–water partition coefficient (Wildman–Crippen LogP) is 4.56. The number of benzene rings is 2. The minimum atomic E-state index is -0.582. The lowest BCUT2D eigenvalue weighted by Gasteiger charge is -2.13. The van der Waals surface area contributed by atoms with Gasteiger partial charge in [0.15, 0.2) is 0 Å². The Balaban J connectivity index is 1.81. The summed E-state index contributed by atoms with van der Waals surface area (Å²) in [6.07, 6.45) is 2.29. The molecule has 8 heteroatoms. The number of nitrogens with one attached hydrogen (secondary N) is 1. The zero-order valence-electron chi connectivity index (χ0n) is 18.2. The Kier molecular flexibility index (Phi) is 8.70. The molecule has 0 spiro atoms. The number of anilines is 1. The molecule has 1 saturated heterocycles. The van der Waals surface area contributed by atoms with Crippen molar-refractivity contribution in [2.45, 2.75) is 37.7 Å². The fourth-order valence-electron chi connectivity index (χ4n) is 3.30. The van der Waals surface area contributed by atoms with E-state index in [1.165, 1.54) is 18.2 Å². The van der Waals surface area contributed by atoms with Crippen molar-refractivity contribution in [1.29, 1.82) is 0 Å². The van der Waals surface area contributed by atoms with Crippen LogP contribution in [0.2, 0.25) is 0 Å². The van der Waals surface area contributed by atoms with Gasteiger partial charge in [-0.2, -0.15) is 0 Å². The van der Waals surface area contributed by atoms with Crippen LogP contribution in [0.4, 0.5) is 5.69 Å². The molecule has 0 saturated carbocycles. The smallest absolute Gasteiger partial charge is 0.338 e. The highest BCUT2D eigenvalue weighted by Gasteiger charge is 2.19. The van der Waals surface area contributed by atoms with Gasteiger partial charge >= 0.3 is 11.9 Å². The molecular weight excluding hydrogens is 430 g/mol. The molecule has 0 aliphatic carbocycles. The van der Waals surface area contributed by atoms with Gasteiger partial charge in [0, 0.05) is 22.9 Å². The number of ether oxygens (including phenoxy) is 3. The number of thioether (sulfide) groups is 1. The number of esters is 2. The van der Waals surface area contributed by atoms with E-state index in [4.69, 9.17) is 14.2 Å². The van der Waals surface area contributed by atoms with Crippen LogP contribution in [0.1, 0.15) is 57.8 Å². The maximum atomic E-state index is 13.1. The van der Waals surface area contributed by atoms with Gasteiger partial charge in [0.25, 0.3) is 5.91 Å². The van der Waals surface area contributed by atoms with Crippen molar-refractivity contribution >= 4 is 35.3 Å². The van der Waals surface area contributed by atoms with E-state index in [1.54, 1.807) is 37.7 Å². The summed E-state index contributed by atoms with van der Waals surface area (Å²) < 4.78 is 15.8. The third-order valence-corrected chi connectivity index (χ3v) is 6.00. The van der Waals surface area contributed by atoms with Gasteiger partial charge in [0.1, 0.15) is 0 Å². The van der Waals surface area contributed by atoms with Crippen LogP contribution in [-0.2, 0) is 14.2 Å². The summed E-state index contributed by atoms with van der Waals surface area (Å²) in [6, 6.07) is 11.7. The second kappa shape index (κ2) is 11.7. The zero-order chi connectivity index (χ0) is 22.9. The van der Waals surface area contributed by atoms with Gasteiger partial charge in [-0.05, 0) is 57.0 Å². The second-order valence-electron chi connectivity index (χ2n) is 7.14. The fourth-order valence-corrected chi connectivity index (χ4v) is 4.42. The molecule has 2 aromatic carbocycles. The predicted molar refractivity (Wildman–Crippen MR) is 122 cm³/mol. The van der Waals surface area contributed by atoms with E-state index < -0.39 is 11.9 Å². The third-order valence-electron chi connectivity index (χ3n) is 4.79. The third kappa shape index (κ3) is 6.34. The number of carbonyl (C=O) groups excluding carboxylic acids is 3. The summed E-state index contributed by atoms with van der Waals surface area (Å²) in [5.41, 5.74) is 1.14. The Bertz CT molecular complexity index is 934. The maximum absolute atomic E-state index is 13.1. The zero-order valence-corrected chi connectivity index (χ0v) is 19.0. The highest BCUT2D eigenvalue weighted by Crippen LogP contribution is 2.28. The standard InChI is InChI=1S/C24H27NO6S/c1-3-29-23(27)16-12-17(24(28)30-4-2)14-18(13-16)25-22(26)20-9-5-6-10-21(20)32-15-19-8-7-11-31-19/h5-6,9-10,12-14,19H,3-4,7-8,11,15H2,1-2H3,(H,25,26). The molecule has 1 unspecified atom stereocenters. The maximum Gasteiger partial charge on any atom is 0.338 e. The molecule has 1 aliphatic heterocycles. The van der Waals surface area contributed by atoms with Crippen LogP contribution >= 0.6 is 11.8 Å². The topological polar surface area (TPSA) is 90.9 Å². The van der Waals surface area contributed by atoms with E-state index in [9.17, 15) is 14.4 Å². The molecule has 3 rings (SSSR count). The lowest BCUT2D eigenvalue weighted by atomic mass is 10.1. The van der Waals surface area contributed by atoms with Gasteiger partial charge < -0.3 is 19.5 Å². The van der Waals surface area contributed by atoms with E-state index in [0.717, 1.165) is 30.1 Å². The fraction of sp³-hybridized carbons (Fsp3) is 0.375. The minimum Gasteiger partial charge on any atom is -0.462 e. The van der Waals surface area contributed by atoms with Gasteiger partial charge in [-0.1, -0.05) is 12.1 Å². The molecule has 1 amide bonds. The van der Waals surface area contributed by atoms with Gasteiger partial charge in [-0.3, -0.25) is 4.79 Å². The molecule has 1 N–H and O–H groups in total. The number of rotatable bonds is 9. The average Bonchev–Trinajstić information content (AvgIpc) is 3.31. The Morgan fingerprint density at radius 3 is 2.28 bits per heavy atom. The molecule has 0 aromatic heterocycles. The van der Waals surface area contributed by atoms with E-state index in [-0.39, 0.29) is 36.4 Å². The monoisotopic (exact) mass is 457 g/mol. The van der Waals surface area contributed by atoms with Crippen molar-refractivity contribution in [2.24, 2.45) is 0 Å². The average molecular weight is 458 g/mol. The Morgan fingerprint density at radius 1 is 1.03 bits per heavy atom. The highest BCUT2D eigenvalue weighted by molar-refractivity contribution is 7.99. The van der Waals surface area contributed by atoms with E-state index in [2.05, 4.69) is 5.32 Å². The van der Waals surface area contributed by atoms with Crippen LogP contribution in [0.5, 0.6) is 0 Å². The van der Waals surface area contributed by atoms with Gasteiger partial charge in [-0.15, -0.1) is 11.8 Å². The molecule has 2 aromatic rings. The molecule has 7 nitrogen and oxygen atoms in total. The summed E-state index contributed by atoms with van der Waals surface area (Å²) in [7, 11) is 0. The van der Waals surface area contributed by atoms with Crippen molar-refractivity contribution in [1.82, 2.24) is 0 Å². The van der Waals surface area contributed by atoms with Crippen molar-refractivity contribution in [3.63, 3.8) is 0 Å². The van der Waals surface area contributed by atoms with Crippen LogP contribution in [0, 0.1) is 0 Å². The van der Waals surface area contributed by atoms with Crippen molar-refractivity contribution < 1.29 is 28.6 Å². The molecule has 1 fully saturated rings. The largest absolute Gasteiger partial charge is 0.462 e. The first-order valence-corrected chi connectivity index (χ1v) is 11.6. The first-order chi connectivity index (χ1) is 15.5. The van der Waals surface area contributed by atoms with Gasteiger partial charge in [0.05, 0.1) is 36.0 Å². The van der Waals surface area contributed by atoms with Crippen molar-refractivity contribution in [3.8, 4) is 0 Å². The summed E-state index contributed by atoms with van der Waals surface area (Å²) in [4.78, 5) is 38.4.